The number of carbonyl (C=O) groups is 2. The number of piperazine rings is 1. The molecule has 0 saturated carbocycles. The van der Waals surface area contributed by atoms with E-state index in [2.05, 4.69) is 0 Å². The minimum atomic E-state index is -3.93. The Hall–Kier alpha value is -2.69. The molecule has 0 unspecified atom stereocenters. The molecule has 0 atom stereocenters. The Morgan fingerprint density at radius 2 is 1.67 bits per heavy atom. The number of amides is 1. The summed E-state index contributed by atoms with van der Waals surface area (Å²) in [6, 6.07) is 12.3. The van der Waals surface area contributed by atoms with E-state index < -0.39 is 21.4 Å². The molecule has 0 N–H and O–H groups in total. The monoisotopic (exact) mass is 476 g/mol. The molecule has 2 aliphatic rings. The van der Waals surface area contributed by atoms with Gasteiger partial charge in [-0.3, -0.25) is 4.79 Å². The van der Waals surface area contributed by atoms with Crippen molar-refractivity contribution in [3.8, 4) is 0 Å². The summed E-state index contributed by atoms with van der Waals surface area (Å²) in [4.78, 5) is 27.2. The van der Waals surface area contributed by atoms with E-state index in [0.717, 1.165) is 5.56 Å². The molecule has 0 bridgehead atoms. The fourth-order valence-electron chi connectivity index (χ4n) is 4.44. The lowest BCUT2D eigenvalue weighted by Crippen LogP contribution is -2.56. The van der Waals surface area contributed by atoms with Crippen LogP contribution in [0.15, 0.2) is 52.0 Å². The zero-order valence-corrected chi connectivity index (χ0v) is 19.4. The number of carbonyl (C=O) groups excluding carboxylic acids is 2. The van der Waals surface area contributed by atoms with Gasteiger partial charge >= 0.3 is 5.97 Å². The predicted octanol–water partition coefficient (Wildman–Crippen LogP) is 2.04. The Morgan fingerprint density at radius 3 is 2.30 bits per heavy atom. The molecule has 4 rings (SSSR count). The maximum atomic E-state index is 13.7. The van der Waals surface area contributed by atoms with Gasteiger partial charge in [0.2, 0.25) is 16.8 Å². The molecular weight excluding hydrogens is 448 g/mol. The minimum Gasteiger partial charge on any atom is -0.460 e. The van der Waals surface area contributed by atoms with Crippen LogP contribution in [-0.4, -0.2) is 75.5 Å². The second-order valence-electron chi connectivity index (χ2n) is 8.10. The molecule has 1 aromatic carbocycles. The van der Waals surface area contributed by atoms with E-state index in [1.807, 2.05) is 30.3 Å². The van der Waals surface area contributed by atoms with Gasteiger partial charge in [0.25, 0.3) is 10.0 Å². The molecule has 0 spiro atoms. The molecular formula is C23H28N2O7S. The number of nitrogens with zero attached hydrogens (tertiary/aromatic N) is 2. The maximum absolute atomic E-state index is 13.7. The van der Waals surface area contributed by atoms with Crippen LogP contribution >= 0.6 is 0 Å². The average Bonchev–Trinajstić information content (AvgIpc) is 3.36. The fraction of sp³-hybridized carbons (Fsp3) is 0.478. The van der Waals surface area contributed by atoms with Crippen molar-refractivity contribution in [2.45, 2.75) is 30.3 Å². The van der Waals surface area contributed by atoms with Crippen LogP contribution in [0.4, 0.5) is 0 Å². The van der Waals surface area contributed by atoms with Crippen LogP contribution in [0.3, 0.4) is 0 Å². The molecule has 33 heavy (non-hydrogen) atoms. The highest BCUT2D eigenvalue weighted by Crippen LogP contribution is 2.37. The highest BCUT2D eigenvalue weighted by molar-refractivity contribution is 7.89. The van der Waals surface area contributed by atoms with Gasteiger partial charge in [-0.05, 0) is 37.5 Å². The van der Waals surface area contributed by atoms with Crippen LogP contribution in [0.2, 0.25) is 0 Å². The van der Waals surface area contributed by atoms with Gasteiger partial charge in [-0.15, -0.1) is 0 Å². The topological polar surface area (TPSA) is 106 Å². The van der Waals surface area contributed by atoms with E-state index >= 15 is 0 Å². The minimum absolute atomic E-state index is 0.0108. The average molecular weight is 477 g/mol. The van der Waals surface area contributed by atoms with Gasteiger partial charge in [-0.25, -0.2) is 13.2 Å². The van der Waals surface area contributed by atoms with Gasteiger partial charge < -0.3 is 18.8 Å². The van der Waals surface area contributed by atoms with Crippen LogP contribution in [0.25, 0.3) is 0 Å². The zero-order valence-electron chi connectivity index (χ0n) is 18.6. The smallest absolute Gasteiger partial charge is 0.374 e. The van der Waals surface area contributed by atoms with Gasteiger partial charge in [0.15, 0.2) is 0 Å². The highest BCUT2D eigenvalue weighted by atomic mass is 32.2. The fourth-order valence-corrected chi connectivity index (χ4v) is 5.77. The maximum Gasteiger partial charge on any atom is 0.374 e. The number of benzene rings is 1. The third-order valence-corrected chi connectivity index (χ3v) is 8.03. The van der Waals surface area contributed by atoms with Gasteiger partial charge in [-0.1, -0.05) is 30.3 Å². The SMILES string of the molecule is CCOC(=O)c1ccc(S(=O)(=O)N2CCN(C(=O)C3(c4ccccc4)CCOCC3)CC2)o1. The summed E-state index contributed by atoms with van der Waals surface area (Å²) in [6.07, 6.45) is 1.19. The number of hydrogen-bond donors (Lipinski definition) is 0. The van der Waals surface area contributed by atoms with E-state index in [-0.39, 0.29) is 49.5 Å². The van der Waals surface area contributed by atoms with Crippen molar-refractivity contribution in [1.29, 1.82) is 0 Å². The zero-order chi connectivity index (χ0) is 23.5. The van der Waals surface area contributed by atoms with Gasteiger partial charge in [-0.2, -0.15) is 4.31 Å². The normalized spacial score (nSPS) is 19.2. The van der Waals surface area contributed by atoms with Crippen molar-refractivity contribution in [3.63, 3.8) is 0 Å². The summed E-state index contributed by atoms with van der Waals surface area (Å²) in [6.45, 7) is 3.68. The molecule has 2 saturated heterocycles. The van der Waals surface area contributed by atoms with Crippen LogP contribution < -0.4 is 0 Å². The third kappa shape index (κ3) is 4.55. The van der Waals surface area contributed by atoms with E-state index in [1.54, 1.807) is 11.8 Å². The number of sulfonamides is 1. The Labute approximate surface area is 193 Å². The van der Waals surface area contributed by atoms with E-state index in [1.165, 1.54) is 16.4 Å². The first kappa shape index (κ1) is 23.5. The second-order valence-corrected chi connectivity index (χ2v) is 9.96. The molecule has 2 aromatic rings. The first-order valence-corrected chi connectivity index (χ1v) is 12.5. The quantitative estimate of drug-likeness (QED) is 0.587. The van der Waals surface area contributed by atoms with Crippen molar-refractivity contribution in [3.05, 3.63) is 53.8 Å². The summed E-state index contributed by atoms with van der Waals surface area (Å²) in [5, 5.41) is -0.310. The molecule has 2 aliphatic heterocycles. The number of esters is 1. The Balaban J connectivity index is 1.47. The van der Waals surface area contributed by atoms with E-state index in [4.69, 9.17) is 13.9 Å². The number of furan rings is 1. The standard InChI is InChI=1S/C23H28N2O7S/c1-2-31-21(26)19-8-9-20(32-19)33(28,29)25-14-12-24(13-15-25)22(27)23(10-16-30-17-11-23)18-6-4-3-5-7-18/h3-9H,2,10-17H2,1H3. The second kappa shape index (κ2) is 9.66. The molecule has 9 nitrogen and oxygen atoms in total. The molecule has 1 aromatic heterocycles. The van der Waals surface area contributed by atoms with Crippen molar-refractivity contribution in [2.75, 3.05) is 46.0 Å². The molecule has 1 amide bonds. The largest absolute Gasteiger partial charge is 0.460 e. The molecule has 10 heteroatoms. The first-order chi connectivity index (χ1) is 15.9. The Morgan fingerprint density at radius 1 is 1.00 bits per heavy atom. The highest BCUT2D eigenvalue weighted by Gasteiger charge is 2.45. The van der Waals surface area contributed by atoms with Crippen LogP contribution in [0.1, 0.15) is 35.9 Å². The van der Waals surface area contributed by atoms with Crippen molar-refractivity contribution in [2.24, 2.45) is 0 Å². The van der Waals surface area contributed by atoms with E-state index in [0.29, 0.717) is 26.1 Å². The summed E-state index contributed by atoms with van der Waals surface area (Å²) in [5.41, 5.74) is 0.311. The number of rotatable bonds is 6. The third-order valence-electron chi connectivity index (χ3n) is 6.26. The van der Waals surface area contributed by atoms with Crippen LogP contribution in [0.5, 0.6) is 0 Å². The van der Waals surface area contributed by atoms with Crippen LogP contribution in [0, 0.1) is 0 Å². The van der Waals surface area contributed by atoms with Gasteiger partial charge in [0.05, 0.1) is 12.0 Å². The Bertz CT molecular complexity index is 1080. The van der Waals surface area contributed by atoms with Crippen molar-refractivity contribution < 1.29 is 31.9 Å². The number of hydrogen-bond acceptors (Lipinski definition) is 7. The van der Waals surface area contributed by atoms with Gasteiger partial charge in [0.1, 0.15) is 0 Å². The molecule has 0 radical (unpaired) electrons. The van der Waals surface area contributed by atoms with Crippen LogP contribution in [-0.2, 0) is 29.7 Å². The molecule has 178 valence electrons. The summed E-state index contributed by atoms with van der Waals surface area (Å²) >= 11 is 0. The molecule has 0 aliphatic carbocycles. The van der Waals surface area contributed by atoms with E-state index in [9.17, 15) is 18.0 Å². The lowest BCUT2D eigenvalue weighted by molar-refractivity contribution is -0.142. The van der Waals surface area contributed by atoms with Gasteiger partial charge in [0, 0.05) is 39.4 Å². The summed E-state index contributed by atoms with van der Waals surface area (Å²) < 4.78 is 42.9. The first-order valence-electron chi connectivity index (χ1n) is 11.1. The predicted molar refractivity (Wildman–Crippen MR) is 118 cm³/mol. The number of ether oxygens (including phenoxy) is 2. The summed E-state index contributed by atoms with van der Waals surface area (Å²) in [7, 11) is -3.93. The lowest BCUT2D eigenvalue weighted by atomic mass is 9.73. The Kier molecular flexibility index (Phi) is 6.87. The molecule has 2 fully saturated rings. The summed E-state index contributed by atoms with van der Waals surface area (Å²) in [5.74, 6) is -0.859. The lowest BCUT2D eigenvalue weighted by Gasteiger charge is -2.42. The van der Waals surface area contributed by atoms with Crippen molar-refractivity contribution in [1.82, 2.24) is 9.21 Å². The van der Waals surface area contributed by atoms with Crippen molar-refractivity contribution >= 4 is 21.9 Å². The molecule has 3 heterocycles.